The molecule has 0 saturated heterocycles. The lowest BCUT2D eigenvalue weighted by atomic mass is 9.35. The number of methoxy groups -OCH3 is 1. The quantitative estimate of drug-likeness (QED) is 0.550. The van der Waals surface area contributed by atoms with Crippen LogP contribution in [0.3, 0.4) is 0 Å². The van der Waals surface area contributed by atoms with Crippen LogP contribution < -0.4 is 10.1 Å². The molecular weight excluding hydrogens is 373 g/mol. The van der Waals surface area contributed by atoms with Crippen molar-refractivity contribution < 1.29 is 14.6 Å². The van der Waals surface area contributed by atoms with E-state index in [2.05, 4.69) is 22.8 Å². The number of nitrogens with zero attached hydrogens (tertiary/aromatic N) is 2. The molecule has 6 nitrogen and oxygen atoms in total. The topological polar surface area (TPSA) is 95.2 Å². The molecule has 28 heavy (non-hydrogen) atoms. The maximum absolute atomic E-state index is 12.6. The first kappa shape index (κ1) is 20.0. The maximum Gasteiger partial charge on any atom is 0.276 e. The molecule has 1 aliphatic heterocycles. The van der Waals surface area contributed by atoms with Crippen molar-refractivity contribution in [2.24, 2.45) is 0 Å². The first-order valence-electron chi connectivity index (χ1n) is 9.20. The van der Waals surface area contributed by atoms with Gasteiger partial charge >= 0.3 is 0 Å². The lowest BCUT2D eigenvalue weighted by molar-refractivity contribution is -0.116. The van der Waals surface area contributed by atoms with Crippen LogP contribution in [0.5, 0.6) is 11.5 Å². The molecule has 0 spiro atoms. The van der Waals surface area contributed by atoms with Gasteiger partial charge in [0.2, 0.25) is 5.91 Å². The minimum atomic E-state index is -0.273. The highest BCUT2D eigenvalue weighted by molar-refractivity contribution is 7.13. The summed E-state index contributed by atoms with van der Waals surface area (Å²) in [7, 11) is 1.50. The van der Waals surface area contributed by atoms with Crippen LogP contribution in [0.25, 0.3) is 0 Å². The standard InChI is InChI=1S/C20H22BN3O3S/c1-3-4-5-14-11-28-20(23-14)24-19(26)10-16-15-9-17(25)18(27-2)8-13(15)6-7-21(16)12-22/h3,8-9,11,16,25H,1,4-7,10H2,2H3,(H,23,24,26). The number of hydrogen-bond acceptors (Lipinski definition) is 6. The number of aromatic hydroxyl groups is 1. The third-order valence-electron chi connectivity index (χ3n) is 5.02. The van der Waals surface area contributed by atoms with Crippen LogP contribution in [0.15, 0.2) is 30.2 Å². The van der Waals surface area contributed by atoms with Crippen molar-refractivity contribution in [1.29, 1.82) is 5.26 Å². The number of thiazole rings is 1. The third kappa shape index (κ3) is 4.37. The number of nitriles is 1. The Hall–Kier alpha value is -2.79. The number of phenolic OH excluding ortho intramolecular Hbond substituents is 1. The first-order chi connectivity index (χ1) is 13.5. The first-order valence-corrected chi connectivity index (χ1v) is 10.1. The van der Waals surface area contributed by atoms with Crippen molar-refractivity contribution in [2.75, 3.05) is 12.4 Å². The molecule has 1 atom stereocenters. The van der Waals surface area contributed by atoms with Crippen LogP contribution in [-0.4, -0.2) is 29.8 Å². The van der Waals surface area contributed by atoms with Crippen molar-refractivity contribution in [2.45, 2.75) is 37.8 Å². The Morgan fingerprint density at radius 1 is 1.61 bits per heavy atom. The van der Waals surface area contributed by atoms with Gasteiger partial charge in [-0.2, -0.15) is 0 Å². The van der Waals surface area contributed by atoms with Crippen molar-refractivity contribution in [3.63, 3.8) is 0 Å². The van der Waals surface area contributed by atoms with Crippen LogP contribution in [0, 0.1) is 11.2 Å². The monoisotopic (exact) mass is 395 g/mol. The highest BCUT2D eigenvalue weighted by Crippen LogP contribution is 2.40. The molecule has 2 aromatic rings. The second-order valence-electron chi connectivity index (χ2n) is 6.83. The number of phenols is 1. The minimum absolute atomic E-state index is 0.0250. The molecule has 2 N–H and O–H groups in total. The summed E-state index contributed by atoms with van der Waals surface area (Å²) in [6, 6.07) is 3.43. The molecule has 2 heterocycles. The molecular formula is C20H22BN3O3S. The molecule has 1 unspecified atom stereocenters. The average molecular weight is 395 g/mol. The Morgan fingerprint density at radius 3 is 3.14 bits per heavy atom. The number of nitrogens with one attached hydrogen (secondary N) is 1. The molecule has 0 saturated carbocycles. The summed E-state index contributed by atoms with van der Waals surface area (Å²) in [6.45, 7) is 3.43. The molecule has 1 amide bonds. The highest BCUT2D eigenvalue weighted by atomic mass is 32.1. The molecule has 0 bridgehead atoms. The number of hydrogen-bond donors (Lipinski definition) is 2. The van der Waals surface area contributed by atoms with Gasteiger partial charge in [0.05, 0.1) is 12.8 Å². The fraction of sp³-hybridized carbons (Fsp3) is 0.350. The van der Waals surface area contributed by atoms with E-state index in [-0.39, 0.29) is 30.6 Å². The third-order valence-corrected chi connectivity index (χ3v) is 5.83. The Kier molecular flexibility index (Phi) is 6.37. The summed E-state index contributed by atoms with van der Waals surface area (Å²) < 4.78 is 5.18. The normalized spacial score (nSPS) is 15.4. The van der Waals surface area contributed by atoms with E-state index < -0.39 is 0 Å². The number of aryl methyl sites for hydroxylation is 2. The van der Waals surface area contributed by atoms with Crippen molar-refractivity contribution in [3.8, 4) is 17.5 Å². The average Bonchev–Trinajstić information content (AvgIpc) is 3.13. The van der Waals surface area contributed by atoms with Gasteiger partial charge in [-0.25, -0.2) is 10.2 Å². The van der Waals surface area contributed by atoms with E-state index in [0.29, 0.717) is 17.2 Å². The van der Waals surface area contributed by atoms with E-state index in [1.54, 1.807) is 12.1 Å². The van der Waals surface area contributed by atoms with Crippen LogP contribution >= 0.6 is 11.3 Å². The van der Waals surface area contributed by atoms with Gasteiger partial charge in [0.1, 0.15) is 0 Å². The number of fused-ring (bicyclic) bond motifs is 1. The smallest absolute Gasteiger partial charge is 0.276 e. The summed E-state index contributed by atoms with van der Waals surface area (Å²) in [6.07, 6.45) is 5.04. The largest absolute Gasteiger partial charge is 0.504 e. The minimum Gasteiger partial charge on any atom is -0.504 e. The Morgan fingerprint density at radius 2 is 2.43 bits per heavy atom. The predicted octanol–water partition coefficient (Wildman–Crippen LogP) is 3.74. The van der Waals surface area contributed by atoms with E-state index in [1.807, 2.05) is 11.5 Å². The summed E-state index contributed by atoms with van der Waals surface area (Å²) >= 11 is 1.39. The van der Waals surface area contributed by atoms with Gasteiger partial charge < -0.3 is 15.2 Å². The van der Waals surface area contributed by atoms with E-state index in [4.69, 9.17) is 4.74 Å². The van der Waals surface area contributed by atoms with Crippen LogP contribution in [0.2, 0.25) is 6.32 Å². The second kappa shape index (κ2) is 8.94. The van der Waals surface area contributed by atoms with Crippen molar-refractivity contribution in [1.82, 2.24) is 4.98 Å². The number of amides is 1. The number of carbonyl (C=O) groups excluding carboxylic acids is 1. The van der Waals surface area contributed by atoms with Crippen molar-refractivity contribution in [3.05, 3.63) is 47.0 Å². The zero-order chi connectivity index (χ0) is 20.1. The molecule has 1 aromatic heterocycles. The van der Waals surface area contributed by atoms with Gasteiger partial charge in [0.15, 0.2) is 16.6 Å². The summed E-state index contributed by atoms with van der Waals surface area (Å²) in [4.78, 5) is 17.0. The number of carbonyl (C=O) groups is 1. The van der Waals surface area contributed by atoms with E-state index >= 15 is 0 Å². The summed E-state index contributed by atoms with van der Waals surface area (Å²) in [5.41, 5.74) is 2.78. The number of allylic oxidation sites excluding steroid dienone is 1. The molecule has 8 heteroatoms. The number of anilines is 1. The van der Waals surface area contributed by atoms with Crippen LogP contribution in [-0.2, 0) is 17.6 Å². The van der Waals surface area contributed by atoms with Gasteiger partial charge in [-0.15, -0.1) is 17.9 Å². The Balaban J connectivity index is 1.75. The van der Waals surface area contributed by atoms with E-state index in [0.717, 1.165) is 36.1 Å². The molecule has 1 aromatic carbocycles. The molecule has 144 valence electrons. The predicted molar refractivity (Wildman–Crippen MR) is 111 cm³/mol. The molecule has 1 aliphatic rings. The Labute approximate surface area is 169 Å². The molecule has 0 fully saturated rings. The van der Waals surface area contributed by atoms with Gasteiger partial charge in [-0.3, -0.25) is 4.79 Å². The summed E-state index contributed by atoms with van der Waals surface area (Å²) in [5, 5.41) is 25.1. The van der Waals surface area contributed by atoms with Crippen molar-refractivity contribution >= 4 is 29.1 Å². The van der Waals surface area contributed by atoms with Gasteiger partial charge in [0, 0.05) is 17.8 Å². The van der Waals surface area contributed by atoms with Gasteiger partial charge in [-0.05, 0) is 48.3 Å². The number of aromatic nitrogens is 1. The zero-order valence-electron chi connectivity index (χ0n) is 15.8. The highest BCUT2D eigenvalue weighted by Gasteiger charge is 2.35. The number of ether oxygens (including phenoxy) is 1. The Bertz CT molecular complexity index is 922. The molecule has 0 radical (unpaired) electrons. The van der Waals surface area contributed by atoms with Crippen LogP contribution in [0.1, 0.15) is 35.5 Å². The maximum atomic E-state index is 12.6. The second-order valence-corrected chi connectivity index (χ2v) is 7.69. The number of benzene rings is 1. The van der Waals surface area contributed by atoms with Crippen LogP contribution in [0.4, 0.5) is 5.13 Å². The lowest BCUT2D eigenvalue weighted by Crippen LogP contribution is -2.31. The SMILES string of the molecule is C=CCCc1csc(NC(=O)CC2B(C#N)CCc3cc(OC)c(O)cc32)n1. The molecule has 0 aliphatic carbocycles. The van der Waals surface area contributed by atoms with Gasteiger partial charge in [-0.1, -0.05) is 12.4 Å². The fourth-order valence-corrected chi connectivity index (χ4v) is 4.35. The van der Waals surface area contributed by atoms with E-state index in [9.17, 15) is 15.2 Å². The summed E-state index contributed by atoms with van der Waals surface area (Å²) in [5.74, 6) is 2.30. The van der Waals surface area contributed by atoms with Gasteiger partial charge in [0.25, 0.3) is 6.71 Å². The fourth-order valence-electron chi connectivity index (χ4n) is 3.59. The number of rotatable bonds is 7. The van der Waals surface area contributed by atoms with E-state index in [1.165, 1.54) is 18.4 Å². The molecule has 3 rings (SSSR count). The lowest BCUT2D eigenvalue weighted by Gasteiger charge is -2.28. The zero-order valence-corrected chi connectivity index (χ0v) is 16.6.